The third kappa shape index (κ3) is 3.00. The van der Waals surface area contributed by atoms with Crippen molar-refractivity contribution in [2.24, 2.45) is 0 Å². The van der Waals surface area contributed by atoms with Crippen molar-refractivity contribution in [2.75, 3.05) is 11.1 Å². The summed E-state index contributed by atoms with van der Waals surface area (Å²) in [7, 11) is 0. The molecule has 4 heteroatoms. The highest BCUT2D eigenvalue weighted by molar-refractivity contribution is 5.78. The Bertz CT molecular complexity index is 541. The molecular weight excluding hydrogens is 238 g/mol. The number of nitrogen functional groups attached to an aromatic ring is 1. The van der Waals surface area contributed by atoms with Crippen LogP contribution in [0, 0.1) is 0 Å². The van der Waals surface area contributed by atoms with Crippen LogP contribution < -0.4 is 11.1 Å². The molecule has 1 aliphatic rings. The van der Waals surface area contributed by atoms with Crippen LogP contribution in [-0.4, -0.2) is 11.0 Å². The lowest BCUT2D eigenvalue weighted by Crippen LogP contribution is -2.20. The van der Waals surface area contributed by atoms with Crippen LogP contribution in [0.2, 0.25) is 0 Å². The molecule has 102 valence electrons. The number of anilines is 2. The molecule has 0 unspecified atom stereocenters. The van der Waals surface area contributed by atoms with E-state index in [0.717, 1.165) is 16.8 Å². The maximum atomic E-state index is 5.75. The van der Waals surface area contributed by atoms with E-state index in [1.54, 1.807) is 0 Å². The molecule has 0 amide bonds. The number of nitrogens with zero attached hydrogens (tertiary/aromatic N) is 1. The summed E-state index contributed by atoms with van der Waals surface area (Å²) < 4.78 is 5.72. The lowest BCUT2D eigenvalue weighted by Gasteiger charge is -2.19. The summed E-state index contributed by atoms with van der Waals surface area (Å²) in [5, 5.41) is 3.44. The first-order chi connectivity index (χ1) is 9.31. The zero-order valence-corrected chi connectivity index (χ0v) is 11.2. The number of rotatable bonds is 2. The number of hydrogen-bond donors (Lipinski definition) is 2. The van der Waals surface area contributed by atoms with Crippen molar-refractivity contribution in [3.8, 4) is 0 Å². The Morgan fingerprint density at radius 3 is 2.63 bits per heavy atom. The fourth-order valence-corrected chi connectivity index (χ4v) is 2.78. The summed E-state index contributed by atoms with van der Waals surface area (Å²) in [5.41, 5.74) is 8.10. The van der Waals surface area contributed by atoms with Crippen LogP contribution in [0.4, 0.5) is 11.7 Å². The maximum Gasteiger partial charge on any atom is 0.295 e. The van der Waals surface area contributed by atoms with E-state index in [-0.39, 0.29) is 0 Å². The molecule has 19 heavy (non-hydrogen) atoms. The number of hydrogen-bond acceptors (Lipinski definition) is 4. The highest BCUT2D eigenvalue weighted by Crippen LogP contribution is 2.24. The molecule has 4 nitrogen and oxygen atoms in total. The van der Waals surface area contributed by atoms with Gasteiger partial charge in [0.15, 0.2) is 5.58 Å². The summed E-state index contributed by atoms with van der Waals surface area (Å²) in [6.07, 6.45) is 9.09. The molecule has 3 N–H and O–H groups in total. The first-order valence-corrected chi connectivity index (χ1v) is 7.24. The molecule has 2 aromatic rings. The van der Waals surface area contributed by atoms with E-state index in [1.807, 2.05) is 18.2 Å². The standard InChI is InChI=1S/C15H21N3O/c16-11-8-9-14-13(10-11)18-15(19-14)17-12-6-4-2-1-3-5-7-12/h8-10,12H,1-7,16H2,(H,17,18). The molecule has 1 heterocycles. The highest BCUT2D eigenvalue weighted by Gasteiger charge is 2.14. The highest BCUT2D eigenvalue weighted by atomic mass is 16.4. The van der Waals surface area contributed by atoms with Crippen LogP contribution in [0.3, 0.4) is 0 Å². The topological polar surface area (TPSA) is 64.1 Å². The number of nitrogens with one attached hydrogen (secondary N) is 1. The van der Waals surface area contributed by atoms with Crippen LogP contribution in [0.1, 0.15) is 44.9 Å². The van der Waals surface area contributed by atoms with Gasteiger partial charge in [-0.25, -0.2) is 0 Å². The minimum atomic E-state index is 0.491. The second-order valence-electron chi connectivity index (χ2n) is 5.43. The second-order valence-corrected chi connectivity index (χ2v) is 5.43. The van der Waals surface area contributed by atoms with Crippen molar-refractivity contribution in [2.45, 2.75) is 51.0 Å². The van der Waals surface area contributed by atoms with Gasteiger partial charge in [0.05, 0.1) is 0 Å². The first-order valence-electron chi connectivity index (χ1n) is 7.24. The molecule has 1 aromatic heterocycles. The largest absolute Gasteiger partial charge is 0.424 e. The first kappa shape index (κ1) is 12.3. The molecule has 0 radical (unpaired) electrons. The quantitative estimate of drug-likeness (QED) is 0.802. The Morgan fingerprint density at radius 2 is 1.84 bits per heavy atom. The van der Waals surface area contributed by atoms with Gasteiger partial charge in [-0.2, -0.15) is 4.98 Å². The molecule has 0 saturated heterocycles. The summed E-state index contributed by atoms with van der Waals surface area (Å²) in [4.78, 5) is 4.46. The van der Waals surface area contributed by atoms with Crippen LogP contribution in [-0.2, 0) is 0 Å². The Hall–Kier alpha value is -1.71. The average molecular weight is 259 g/mol. The van der Waals surface area contributed by atoms with E-state index >= 15 is 0 Å². The number of aromatic nitrogens is 1. The van der Waals surface area contributed by atoms with Gasteiger partial charge in [-0.1, -0.05) is 32.1 Å². The van der Waals surface area contributed by atoms with E-state index < -0.39 is 0 Å². The number of benzene rings is 1. The van der Waals surface area contributed by atoms with E-state index in [4.69, 9.17) is 10.2 Å². The molecule has 1 aliphatic carbocycles. The molecule has 0 atom stereocenters. The van der Waals surface area contributed by atoms with Gasteiger partial charge in [-0.3, -0.25) is 0 Å². The fraction of sp³-hybridized carbons (Fsp3) is 0.533. The molecule has 0 bridgehead atoms. The fourth-order valence-electron chi connectivity index (χ4n) is 2.78. The van der Waals surface area contributed by atoms with Crippen molar-refractivity contribution >= 4 is 22.8 Å². The van der Waals surface area contributed by atoms with Gasteiger partial charge < -0.3 is 15.5 Å². The van der Waals surface area contributed by atoms with E-state index in [1.165, 1.54) is 44.9 Å². The van der Waals surface area contributed by atoms with E-state index in [2.05, 4.69) is 10.3 Å². The van der Waals surface area contributed by atoms with Crippen LogP contribution in [0.25, 0.3) is 11.1 Å². The summed E-state index contributed by atoms with van der Waals surface area (Å²) in [6, 6.07) is 6.69. The number of oxazole rings is 1. The Kier molecular flexibility index (Phi) is 3.58. The van der Waals surface area contributed by atoms with Crippen molar-refractivity contribution in [1.82, 2.24) is 4.98 Å². The Balaban J connectivity index is 1.72. The third-order valence-corrected chi connectivity index (χ3v) is 3.84. The third-order valence-electron chi connectivity index (χ3n) is 3.84. The lowest BCUT2D eigenvalue weighted by atomic mass is 9.97. The molecular formula is C15H21N3O. The van der Waals surface area contributed by atoms with Gasteiger partial charge in [-0.05, 0) is 31.0 Å². The average Bonchev–Trinajstić information content (AvgIpc) is 2.74. The Labute approximate surface area is 113 Å². The predicted molar refractivity (Wildman–Crippen MR) is 78.2 cm³/mol. The minimum absolute atomic E-state index is 0.491. The maximum absolute atomic E-state index is 5.75. The Morgan fingerprint density at radius 1 is 1.11 bits per heavy atom. The smallest absolute Gasteiger partial charge is 0.295 e. The van der Waals surface area contributed by atoms with Gasteiger partial charge >= 0.3 is 0 Å². The lowest BCUT2D eigenvalue weighted by molar-refractivity contribution is 0.461. The molecule has 1 fully saturated rings. The van der Waals surface area contributed by atoms with Gasteiger partial charge in [0.2, 0.25) is 0 Å². The van der Waals surface area contributed by atoms with Crippen molar-refractivity contribution in [3.63, 3.8) is 0 Å². The molecule has 3 rings (SSSR count). The number of nitrogens with two attached hydrogens (primary N) is 1. The summed E-state index contributed by atoms with van der Waals surface area (Å²) >= 11 is 0. The second kappa shape index (κ2) is 5.51. The summed E-state index contributed by atoms with van der Waals surface area (Å²) in [5.74, 6) is 0. The molecule has 0 aliphatic heterocycles. The molecule has 0 spiro atoms. The minimum Gasteiger partial charge on any atom is -0.424 e. The molecule has 1 saturated carbocycles. The van der Waals surface area contributed by atoms with Gasteiger partial charge in [0.1, 0.15) is 5.52 Å². The van der Waals surface area contributed by atoms with Gasteiger partial charge in [0.25, 0.3) is 6.01 Å². The zero-order chi connectivity index (χ0) is 13.1. The van der Waals surface area contributed by atoms with Crippen molar-refractivity contribution in [1.29, 1.82) is 0 Å². The van der Waals surface area contributed by atoms with Crippen LogP contribution in [0.15, 0.2) is 22.6 Å². The van der Waals surface area contributed by atoms with Gasteiger partial charge in [-0.15, -0.1) is 0 Å². The van der Waals surface area contributed by atoms with Crippen molar-refractivity contribution in [3.05, 3.63) is 18.2 Å². The summed E-state index contributed by atoms with van der Waals surface area (Å²) in [6.45, 7) is 0. The van der Waals surface area contributed by atoms with E-state index in [0.29, 0.717) is 12.1 Å². The van der Waals surface area contributed by atoms with Crippen LogP contribution in [0.5, 0.6) is 0 Å². The molecule has 1 aromatic carbocycles. The normalized spacial score (nSPS) is 18.1. The van der Waals surface area contributed by atoms with Gasteiger partial charge in [0, 0.05) is 11.7 Å². The van der Waals surface area contributed by atoms with Crippen molar-refractivity contribution < 1.29 is 4.42 Å². The number of fused-ring (bicyclic) bond motifs is 1. The van der Waals surface area contributed by atoms with Crippen LogP contribution >= 0.6 is 0 Å². The SMILES string of the molecule is Nc1ccc2oc(NC3CCCCCCC3)nc2c1. The predicted octanol–water partition coefficient (Wildman–Crippen LogP) is 3.93. The monoisotopic (exact) mass is 259 g/mol. The zero-order valence-electron chi connectivity index (χ0n) is 11.2. The van der Waals surface area contributed by atoms with E-state index in [9.17, 15) is 0 Å².